The van der Waals surface area contributed by atoms with Gasteiger partial charge in [-0.15, -0.1) is 0 Å². The number of nitrogens with zero attached hydrogens (tertiary/aromatic N) is 3. The molecule has 0 aliphatic carbocycles. The minimum atomic E-state index is -0.868. The molecule has 1 N–H and O–H groups in total. The number of carbonyl (C=O) groups is 2. The highest BCUT2D eigenvalue weighted by Gasteiger charge is 2.29. The van der Waals surface area contributed by atoms with E-state index in [4.69, 9.17) is 9.84 Å². The van der Waals surface area contributed by atoms with Crippen molar-refractivity contribution in [3.8, 4) is 0 Å². The number of benzene rings is 1. The molecular formula is C19H29N3O4. The fourth-order valence-electron chi connectivity index (χ4n) is 3.13. The van der Waals surface area contributed by atoms with Crippen LogP contribution in [-0.2, 0) is 20.9 Å². The van der Waals surface area contributed by atoms with E-state index < -0.39 is 5.97 Å². The summed E-state index contributed by atoms with van der Waals surface area (Å²) in [5, 5.41) is 8.86. The molecule has 0 radical (unpaired) electrons. The van der Waals surface area contributed by atoms with E-state index in [1.165, 1.54) is 5.56 Å². The van der Waals surface area contributed by atoms with Crippen LogP contribution in [0.2, 0.25) is 0 Å². The zero-order valence-corrected chi connectivity index (χ0v) is 15.8. The van der Waals surface area contributed by atoms with Gasteiger partial charge in [0.15, 0.2) is 0 Å². The summed E-state index contributed by atoms with van der Waals surface area (Å²) in [5.74, 6) is -0.787. The lowest BCUT2D eigenvalue weighted by Crippen LogP contribution is -2.54. The molecule has 0 aromatic heterocycles. The first kappa shape index (κ1) is 20.4. The van der Waals surface area contributed by atoms with E-state index in [2.05, 4.69) is 12.1 Å². The molecule has 1 fully saturated rings. The highest BCUT2D eigenvalue weighted by atomic mass is 16.5. The Hall–Kier alpha value is -1.96. The molecule has 1 heterocycles. The highest BCUT2D eigenvalue weighted by Crippen LogP contribution is 2.12. The molecule has 1 amide bonds. The molecule has 7 nitrogen and oxygen atoms in total. The Labute approximate surface area is 155 Å². The summed E-state index contributed by atoms with van der Waals surface area (Å²) >= 11 is 0. The van der Waals surface area contributed by atoms with Gasteiger partial charge in [0.05, 0.1) is 25.3 Å². The Bertz CT molecular complexity index is 596. The monoisotopic (exact) mass is 363 g/mol. The zero-order chi connectivity index (χ0) is 19.1. The number of ether oxygens (including phenoxy) is 1. The fraction of sp³-hybridized carbons (Fsp3) is 0.579. The normalized spacial score (nSPS) is 19.0. The molecule has 1 aromatic rings. The van der Waals surface area contributed by atoms with Gasteiger partial charge in [-0.3, -0.25) is 19.4 Å². The minimum Gasteiger partial charge on any atom is -0.480 e. The topological polar surface area (TPSA) is 73.3 Å². The van der Waals surface area contributed by atoms with E-state index in [1.807, 2.05) is 42.0 Å². The highest BCUT2D eigenvalue weighted by molar-refractivity contribution is 5.81. The quantitative estimate of drug-likeness (QED) is 0.735. The molecule has 0 bridgehead atoms. The van der Waals surface area contributed by atoms with Gasteiger partial charge in [0, 0.05) is 26.2 Å². The number of carboxylic acids is 1. The van der Waals surface area contributed by atoms with Gasteiger partial charge in [0.25, 0.3) is 0 Å². The van der Waals surface area contributed by atoms with Gasteiger partial charge < -0.3 is 14.7 Å². The van der Waals surface area contributed by atoms with Crippen LogP contribution in [0.4, 0.5) is 0 Å². The Morgan fingerprint density at radius 1 is 1.31 bits per heavy atom. The lowest BCUT2D eigenvalue weighted by molar-refractivity contribution is -0.145. The number of rotatable bonds is 8. The van der Waals surface area contributed by atoms with Crippen molar-refractivity contribution in [1.82, 2.24) is 14.7 Å². The maximum atomic E-state index is 12.9. The average Bonchev–Trinajstić information content (AvgIpc) is 2.60. The third-order valence-electron chi connectivity index (χ3n) is 4.66. The fourth-order valence-corrected chi connectivity index (χ4v) is 3.13. The molecule has 26 heavy (non-hydrogen) atoms. The van der Waals surface area contributed by atoms with E-state index in [-0.39, 0.29) is 24.6 Å². The van der Waals surface area contributed by atoms with Crippen molar-refractivity contribution in [3.63, 3.8) is 0 Å². The van der Waals surface area contributed by atoms with Crippen LogP contribution in [0.1, 0.15) is 12.5 Å². The molecule has 2 atom stereocenters. The second-order valence-corrected chi connectivity index (χ2v) is 6.94. The van der Waals surface area contributed by atoms with Gasteiger partial charge >= 0.3 is 5.97 Å². The molecule has 7 heteroatoms. The number of amides is 1. The van der Waals surface area contributed by atoms with Crippen LogP contribution in [-0.4, -0.2) is 90.7 Å². The van der Waals surface area contributed by atoms with Crippen molar-refractivity contribution in [2.75, 3.05) is 46.9 Å². The SMILES string of the molecule is C[C@H](C(=O)N1CCO[C@H](CN(C)CC(=O)O)C1)N(C)Cc1ccccc1. The van der Waals surface area contributed by atoms with Crippen LogP contribution in [0, 0.1) is 0 Å². The summed E-state index contributed by atoms with van der Waals surface area (Å²) in [6, 6.07) is 9.85. The van der Waals surface area contributed by atoms with Crippen molar-refractivity contribution in [2.24, 2.45) is 0 Å². The van der Waals surface area contributed by atoms with Crippen LogP contribution >= 0.6 is 0 Å². The zero-order valence-electron chi connectivity index (χ0n) is 15.8. The Kier molecular flexibility index (Phi) is 7.56. The van der Waals surface area contributed by atoms with E-state index in [0.29, 0.717) is 32.8 Å². The molecular weight excluding hydrogens is 334 g/mol. The summed E-state index contributed by atoms with van der Waals surface area (Å²) in [4.78, 5) is 29.2. The lowest BCUT2D eigenvalue weighted by atomic mass is 10.1. The van der Waals surface area contributed by atoms with Gasteiger partial charge in [-0.2, -0.15) is 0 Å². The molecule has 144 valence electrons. The summed E-state index contributed by atoms with van der Waals surface area (Å²) in [5.41, 5.74) is 1.17. The molecule has 1 aromatic carbocycles. The van der Waals surface area contributed by atoms with Crippen LogP contribution < -0.4 is 0 Å². The van der Waals surface area contributed by atoms with E-state index in [9.17, 15) is 9.59 Å². The summed E-state index contributed by atoms with van der Waals surface area (Å²) in [6.07, 6.45) is -0.163. The average molecular weight is 363 g/mol. The second-order valence-electron chi connectivity index (χ2n) is 6.94. The smallest absolute Gasteiger partial charge is 0.317 e. The number of likely N-dealkylation sites (N-methyl/N-ethyl adjacent to an activating group) is 2. The molecule has 1 saturated heterocycles. The largest absolute Gasteiger partial charge is 0.480 e. The van der Waals surface area contributed by atoms with Gasteiger partial charge in [-0.05, 0) is 26.6 Å². The first-order valence-electron chi connectivity index (χ1n) is 8.91. The summed E-state index contributed by atoms with van der Waals surface area (Å²) in [6.45, 7) is 4.63. The number of carbonyl (C=O) groups excluding carboxylic acids is 1. The first-order valence-corrected chi connectivity index (χ1v) is 8.91. The Morgan fingerprint density at radius 2 is 2.00 bits per heavy atom. The Balaban J connectivity index is 1.87. The molecule has 0 unspecified atom stereocenters. The molecule has 0 saturated carbocycles. The van der Waals surface area contributed by atoms with Crippen LogP contribution in [0.5, 0.6) is 0 Å². The lowest BCUT2D eigenvalue weighted by Gasteiger charge is -2.37. The van der Waals surface area contributed by atoms with Crippen molar-refractivity contribution < 1.29 is 19.4 Å². The van der Waals surface area contributed by atoms with E-state index in [0.717, 1.165) is 0 Å². The maximum absolute atomic E-state index is 12.9. The standard InChI is InChI=1S/C19H29N3O4/c1-15(21(3)11-16-7-5-4-6-8-16)19(25)22-9-10-26-17(13-22)12-20(2)14-18(23)24/h4-8,15,17H,9-14H2,1-3H3,(H,23,24)/t15-,17-/m1/s1. The van der Waals surface area contributed by atoms with E-state index >= 15 is 0 Å². The van der Waals surface area contributed by atoms with Gasteiger partial charge in [0.2, 0.25) is 5.91 Å². The van der Waals surface area contributed by atoms with E-state index in [1.54, 1.807) is 11.9 Å². The van der Waals surface area contributed by atoms with Crippen molar-refractivity contribution in [1.29, 1.82) is 0 Å². The molecule has 1 aliphatic rings. The van der Waals surface area contributed by atoms with Crippen LogP contribution in [0.25, 0.3) is 0 Å². The number of hydrogen-bond acceptors (Lipinski definition) is 5. The molecule has 2 rings (SSSR count). The van der Waals surface area contributed by atoms with Crippen molar-refractivity contribution in [3.05, 3.63) is 35.9 Å². The first-order chi connectivity index (χ1) is 12.4. The minimum absolute atomic E-state index is 0.0377. The number of morpholine rings is 1. The third kappa shape index (κ3) is 6.09. The summed E-state index contributed by atoms with van der Waals surface area (Å²) < 4.78 is 5.70. The molecule has 0 spiro atoms. The third-order valence-corrected chi connectivity index (χ3v) is 4.66. The maximum Gasteiger partial charge on any atom is 0.317 e. The predicted octanol–water partition coefficient (Wildman–Crippen LogP) is 0.751. The molecule has 1 aliphatic heterocycles. The predicted molar refractivity (Wildman–Crippen MR) is 98.8 cm³/mol. The summed E-state index contributed by atoms with van der Waals surface area (Å²) in [7, 11) is 3.70. The number of aliphatic carboxylic acids is 1. The van der Waals surface area contributed by atoms with Gasteiger partial charge in [0.1, 0.15) is 0 Å². The second kappa shape index (κ2) is 9.66. The van der Waals surface area contributed by atoms with Gasteiger partial charge in [-0.1, -0.05) is 30.3 Å². The Morgan fingerprint density at radius 3 is 2.65 bits per heavy atom. The van der Waals surface area contributed by atoms with Crippen molar-refractivity contribution >= 4 is 11.9 Å². The van der Waals surface area contributed by atoms with Crippen LogP contribution in [0.3, 0.4) is 0 Å². The van der Waals surface area contributed by atoms with Crippen LogP contribution in [0.15, 0.2) is 30.3 Å². The number of hydrogen-bond donors (Lipinski definition) is 1. The van der Waals surface area contributed by atoms with Gasteiger partial charge in [-0.25, -0.2) is 0 Å². The van der Waals surface area contributed by atoms with Crippen molar-refractivity contribution in [2.45, 2.75) is 25.6 Å². The number of carboxylic acid groups (broad SMARTS) is 1.